The van der Waals surface area contributed by atoms with Crippen LogP contribution in [0.4, 0.5) is 0 Å². The predicted molar refractivity (Wildman–Crippen MR) is 49.7 cm³/mol. The van der Waals surface area contributed by atoms with Crippen molar-refractivity contribution in [3.05, 3.63) is 0 Å². The normalized spacial score (nSPS) is 16.9. The Bertz CT molecular complexity index is 88.9. The first kappa shape index (κ1) is 11.0. The lowest BCUT2D eigenvalue weighted by molar-refractivity contribution is 0.142. The molecule has 0 aliphatic heterocycles. The fraction of sp³-hybridized carbons (Fsp3) is 1.00. The summed E-state index contributed by atoms with van der Waals surface area (Å²) < 4.78 is 5.08. The monoisotopic (exact) mass is 158 g/mol. The highest BCUT2D eigenvalue weighted by Crippen LogP contribution is 2.19. The zero-order valence-corrected chi connectivity index (χ0v) is 8.55. The Labute approximate surface area is 71.1 Å². The van der Waals surface area contributed by atoms with Gasteiger partial charge < -0.3 is 4.74 Å². The number of hydrogen-bond donors (Lipinski definition) is 0. The summed E-state index contributed by atoms with van der Waals surface area (Å²) in [6.07, 6.45) is 1.28. The van der Waals surface area contributed by atoms with Gasteiger partial charge in [0.1, 0.15) is 0 Å². The van der Waals surface area contributed by atoms with E-state index in [2.05, 4.69) is 27.7 Å². The summed E-state index contributed by atoms with van der Waals surface area (Å²) >= 11 is 0. The quantitative estimate of drug-likeness (QED) is 0.597. The molecule has 0 aromatic heterocycles. The summed E-state index contributed by atoms with van der Waals surface area (Å²) in [7, 11) is 1.77. The van der Waals surface area contributed by atoms with Crippen LogP contribution in [-0.4, -0.2) is 13.7 Å². The summed E-state index contributed by atoms with van der Waals surface area (Å²) in [5.41, 5.74) is 0. The van der Waals surface area contributed by atoms with Crippen molar-refractivity contribution in [2.75, 3.05) is 13.7 Å². The van der Waals surface area contributed by atoms with Crippen molar-refractivity contribution in [1.29, 1.82) is 0 Å². The van der Waals surface area contributed by atoms with E-state index in [9.17, 15) is 0 Å². The fourth-order valence-electron chi connectivity index (χ4n) is 1.26. The van der Waals surface area contributed by atoms with Crippen LogP contribution in [0.1, 0.15) is 34.1 Å². The molecule has 2 atom stereocenters. The Morgan fingerprint density at radius 1 is 1.09 bits per heavy atom. The van der Waals surface area contributed by atoms with Gasteiger partial charge >= 0.3 is 0 Å². The van der Waals surface area contributed by atoms with Gasteiger partial charge in [-0.1, -0.05) is 27.7 Å². The van der Waals surface area contributed by atoms with Gasteiger partial charge in [-0.15, -0.1) is 0 Å². The molecule has 0 spiro atoms. The van der Waals surface area contributed by atoms with Crippen LogP contribution in [0, 0.1) is 17.8 Å². The zero-order chi connectivity index (χ0) is 8.85. The van der Waals surface area contributed by atoms with E-state index in [1.165, 1.54) is 6.42 Å². The van der Waals surface area contributed by atoms with E-state index in [1.807, 2.05) is 0 Å². The molecular weight excluding hydrogens is 136 g/mol. The number of hydrogen-bond acceptors (Lipinski definition) is 1. The van der Waals surface area contributed by atoms with Crippen LogP contribution in [0.25, 0.3) is 0 Å². The molecule has 0 fully saturated rings. The van der Waals surface area contributed by atoms with Crippen LogP contribution in [-0.2, 0) is 4.74 Å². The summed E-state index contributed by atoms with van der Waals surface area (Å²) in [4.78, 5) is 0. The zero-order valence-electron chi connectivity index (χ0n) is 8.55. The second-order valence-corrected chi connectivity index (χ2v) is 4.02. The van der Waals surface area contributed by atoms with Crippen LogP contribution in [0.3, 0.4) is 0 Å². The van der Waals surface area contributed by atoms with E-state index < -0.39 is 0 Å². The Hall–Kier alpha value is -0.0400. The highest BCUT2D eigenvalue weighted by molar-refractivity contribution is 4.61. The van der Waals surface area contributed by atoms with Gasteiger partial charge in [-0.2, -0.15) is 0 Å². The number of ether oxygens (including phenoxy) is 1. The molecule has 0 aromatic rings. The molecule has 0 aliphatic carbocycles. The largest absolute Gasteiger partial charge is 0.384 e. The van der Waals surface area contributed by atoms with Crippen molar-refractivity contribution in [3.8, 4) is 0 Å². The van der Waals surface area contributed by atoms with Gasteiger partial charge in [0.2, 0.25) is 0 Å². The first-order valence-corrected chi connectivity index (χ1v) is 4.56. The smallest absolute Gasteiger partial charge is 0.0487 e. The van der Waals surface area contributed by atoms with Crippen molar-refractivity contribution in [2.24, 2.45) is 17.8 Å². The molecule has 0 bridgehead atoms. The molecule has 0 aromatic carbocycles. The molecule has 1 heteroatoms. The van der Waals surface area contributed by atoms with Gasteiger partial charge in [0, 0.05) is 13.7 Å². The molecular formula is C10H22O. The summed E-state index contributed by atoms with van der Waals surface area (Å²) in [5.74, 6) is 2.33. The average molecular weight is 158 g/mol. The van der Waals surface area contributed by atoms with E-state index in [-0.39, 0.29) is 0 Å². The van der Waals surface area contributed by atoms with E-state index >= 15 is 0 Å². The van der Waals surface area contributed by atoms with Gasteiger partial charge in [-0.25, -0.2) is 0 Å². The maximum absolute atomic E-state index is 5.08. The maximum Gasteiger partial charge on any atom is 0.0487 e. The molecule has 0 rings (SSSR count). The van der Waals surface area contributed by atoms with E-state index in [1.54, 1.807) is 7.11 Å². The number of rotatable bonds is 5. The van der Waals surface area contributed by atoms with Crippen molar-refractivity contribution in [2.45, 2.75) is 34.1 Å². The van der Waals surface area contributed by atoms with Crippen LogP contribution in [0.15, 0.2) is 0 Å². The Kier molecular flexibility index (Phi) is 5.57. The SMILES string of the molecule is COCC(C)CC(C)C(C)C. The van der Waals surface area contributed by atoms with Crippen molar-refractivity contribution in [3.63, 3.8) is 0 Å². The van der Waals surface area contributed by atoms with Crippen molar-refractivity contribution >= 4 is 0 Å². The summed E-state index contributed by atoms with van der Waals surface area (Å²) in [6, 6.07) is 0. The van der Waals surface area contributed by atoms with E-state index in [4.69, 9.17) is 4.74 Å². The first-order chi connectivity index (χ1) is 5.07. The van der Waals surface area contributed by atoms with Gasteiger partial charge in [0.25, 0.3) is 0 Å². The average Bonchev–Trinajstić information content (AvgIpc) is 1.87. The van der Waals surface area contributed by atoms with Crippen molar-refractivity contribution < 1.29 is 4.74 Å². The lowest BCUT2D eigenvalue weighted by Gasteiger charge is -2.19. The van der Waals surface area contributed by atoms with E-state index in [0.29, 0.717) is 5.92 Å². The molecule has 11 heavy (non-hydrogen) atoms. The van der Waals surface area contributed by atoms with Crippen LogP contribution < -0.4 is 0 Å². The number of methoxy groups -OCH3 is 1. The minimum atomic E-state index is 0.706. The second kappa shape index (κ2) is 5.59. The highest BCUT2D eigenvalue weighted by Gasteiger charge is 2.11. The lowest BCUT2D eigenvalue weighted by atomic mass is 9.89. The third-order valence-corrected chi connectivity index (χ3v) is 2.36. The third-order valence-electron chi connectivity index (χ3n) is 2.36. The van der Waals surface area contributed by atoms with Crippen LogP contribution >= 0.6 is 0 Å². The molecule has 68 valence electrons. The van der Waals surface area contributed by atoms with E-state index in [0.717, 1.165) is 18.4 Å². The Morgan fingerprint density at radius 2 is 1.64 bits per heavy atom. The molecule has 0 N–H and O–H groups in total. The molecule has 0 radical (unpaired) electrons. The standard InChI is InChI=1S/C10H22O/c1-8(2)10(4)6-9(3)7-11-5/h8-10H,6-7H2,1-5H3. The summed E-state index contributed by atoms with van der Waals surface area (Å²) in [5, 5.41) is 0. The minimum absolute atomic E-state index is 0.706. The molecule has 0 amide bonds. The van der Waals surface area contributed by atoms with Gasteiger partial charge in [-0.05, 0) is 24.2 Å². The maximum atomic E-state index is 5.08. The lowest BCUT2D eigenvalue weighted by Crippen LogP contribution is -2.12. The molecule has 2 unspecified atom stereocenters. The Balaban J connectivity index is 3.48. The third kappa shape index (κ3) is 5.25. The molecule has 0 heterocycles. The highest BCUT2D eigenvalue weighted by atomic mass is 16.5. The minimum Gasteiger partial charge on any atom is -0.384 e. The molecule has 0 saturated heterocycles. The Morgan fingerprint density at radius 3 is 2.00 bits per heavy atom. The van der Waals surface area contributed by atoms with Gasteiger partial charge in [0.15, 0.2) is 0 Å². The first-order valence-electron chi connectivity index (χ1n) is 4.56. The predicted octanol–water partition coefficient (Wildman–Crippen LogP) is 2.95. The summed E-state index contributed by atoms with van der Waals surface area (Å²) in [6.45, 7) is 10.0. The van der Waals surface area contributed by atoms with Crippen LogP contribution in [0.2, 0.25) is 0 Å². The van der Waals surface area contributed by atoms with Gasteiger partial charge in [0.05, 0.1) is 0 Å². The van der Waals surface area contributed by atoms with Crippen molar-refractivity contribution in [1.82, 2.24) is 0 Å². The second-order valence-electron chi connectivity index (χ2n) is 4.02. The topological polar surface area (TPSA) is 9.23 Å². The fourth-order valence-corrected chi connectivity index (χ4v) is 1.26. The van der Waals surface area contributed by atoms with Gasteiger partial charge in [-0.3, -0.25) is 0 Å². The molecule has 1 nitrogen and oxygen atoms in total. The van der Waals surface area contributed by atoms with Crippen LogP contribution in [0.5, 0.6) is 0 Å². The molecule has 0 aliphatic rings. The molecule has 0 saturated carbocycles.